The van der Waals surface area contributed by atoms with Crippen LogP contribution < -0.4 is 5.32 Å². The lowest BCUT2D eigenvalue weighted by molar-refractivity contribution is -0.384. The Morgan fingerprint density at radius 2 is 2.25 bits per heavy atom. The van der Waals surface area contributed by atoms with Gasteiger partial charge in [-0.1, -0.05) is 0 Å². The molecule has 20 heavy (non-hydrogen) atoms. The monoisotopic (exact) mass is 282 g/mol. The van der Waals surface area contributed by atoms with Crippen LogP contribution in [0.3, 0.4) is 0 Å². The Bertz CT molecular complexity index is 616. The number of nitrogens with zero attached hydrogens (tertiary/aromatic N) is 3. The van der Waals surface area contributed by atoms with Crippen LogP contribution in [0.25, 0.3) is 0 Å². The fourth-order valence-corrected chi connectivity index (χ4v) is 1.81. The van der Waals surface area contributed by atoms with Gasteiger partial charge in [-0.3, -0.25) is 14.8 Å². The van der Waals surface area contributed by atoms with E-state index < -0.39 is 27.9 Å². The molecule has 0 spiro atoms. The van der Waals surface area contributed by atoms with Crippen LogP contribution >= 0.6 is 0 Å². The van der Waals surface area contributed by atoms with E-state index in [2.05, 4.69) is 10.4 Å². The molecule has 0 radical (unpaired) electrons. The second kappa shape index (κ2) is 5.64. The molecule has 1 unspecified atom stereocenters. The van der Waals surface area contributed by atoms with Gasteiger partial charge in [0.1, 0.15) is 0 Å². The van der Waals surface area contributed by atoms with Crippen LogP contribution in [0.4, 0.5) is 20.2 Å². The minimum absolute atomic E-state index is 0.361. The van der Waals surface area contributed by atoms with Crippen LogP contribution in [0.15, 0.2) is 30.6 Å². The Morgan fingerprint density at radius 3 is 2.85 bits per heavy atom. The molecule has 1 aromatic carbocycles. The summed E-state index contributed by atoms with van der Waals surface area (Å²) in [6.45, 7) is 2.05. The second-order valence-corrected chi connectivity index (χ2v) is 4.29. The molecule has 2 aromatic rings. The van der Waals surface area contributed by atoms with Gasteiger partial charge in [-0.25, -0.2) is 8.78 Å². The maximum absolute atomic E-state index is 13.7. The molecule has 2 rings (SSSR count). The quantitative estimate of drug-likeness (QED) is 0.675. The molecular weight excluding hydrogens is 270 g/mol. The first-order chi connectivity index (χ1) is 9.49. The molecule has 0 saturated carbocycles. The number of nitrogens with one attached hydrogen (secondary N) is 1. The van der Waals surface area contributed by atoms with E-state index in [1.165, 1.54) is 0 Å². The van der Waals surface area contributed by atoms with Crippen molar-refractivity contribution in [3.8, 4) is 0 Å². The molecule has 0 fully saturated rings. The van der Waals surface area contributed by atoms with Gasteiger partial charge in [0.05, 0.1) is 11.5 Å². The Hall–Kier alpha value is -2.51. The van der Waals surface area contributed by atoms with Gasteiger partial charge in [0, 0.05) is 24.5 Å². The number of benzene rings is 1. The number of rotatable bonds is 5. The highest BCUT2D eigenvalue weighted by atomic mass is 19.2. The van der Waals surface area contributed by atoms with Crippen molar-refractivity contribution in [1.82, 2.24) is 9.78 Å². The molecule has 0 amide bonds. The Labute approximate surface area is 113 Å². The molecule has 8 heteroatoms. The molecule has 1 N–H and O–H groups in total. The van der Waals surface area contributed by atoms with E-state index in [0.717, 1.165) is 12.1 Å². The van der Waals surface area contributed by atoms with Crippen molar-refractivity contribution in [1.29, 1.82) is 0 Å². The van der Waals surface area contributed by atoms with E-state index in [-0.39, 0.29) is 6.04 Å². The van der Waals surface area contributed by atoms with E-state index in [1.54, 1.807) is 30.1 Å². The lowest BCUT2D eigenvalue weighted by Crippen LogP contribution is -2.23. The van der Waals surface area contributed by atoms with Crippen molar-refractivity contribution in [2.45, 2.75) is 19.5 Å². The third kappa shape index (κ3) is 2.90. The van der Waals surface area contributed by atoms with E-state index >= 15 is 0 Å². The zero-order chi connectivity index (χ0) is 14.7. The first kappa shape index (κ1) is 13.9. The summed E-state index contributed by atoms with van der Waals surface area (Å²) < 4.78 is 28.5. The number of hydrogen-bond acceptors (Lipinski definition) is 4. The minimum Gasteiger partial charge on any atom is -0.373 e. The van der Waals surface area contributed by atoms with Crippen molar-refractivity contribution < 1.29 is 13.7 Å². The van der Waals surface area contributed by atoms with E-state index in [1.807, 2.05) is 0 Å². The van der Waals surface area contributed by atoms with Gasteiger partial charge < -0.3 is 5.32 Å². The van der Waals surface area contributed by atoms with Gasteiger partial charge in [-0.2, -0.15) is 5.10 Å². The molecule has 0 saturated heterocycles. The highest BCUT2D eigenvalue weighted by Crippen LogP contribution is 2.29. The summed E-state index contributed by atoms with van der Waals surface area (Å²) in [5.74, 6) is -2.39. The molecule has 1 heterocycles. The summed E-state index contributed by atoms with van der Waals surface area (Å²) in [7, 11) is 0. The average molecular weight is 282 g/mol. The third-order valence-corrected chi connectivity index (χ3v) is 2.68. The van der Waals surface area contributed by atoms with E-state index in [4.69, 9.17) is 0 Å². The molecule has 0 aliphatic rings. The molecule has 0 aliphatic heterocycles. The summed E-state index contributed by atoms with van der Waals surface area (Å²) in [6, 6.07) is 3.01. The fourth-order valence-electron chi connectivity index (χ4n) is 1.81. The molecule has 1 atom stereocenters. The maximum Gasteiger partial charge on any atom is 0.295 e. The zero-order valence-corrected chi connectivity index (χ0v) is 10.6. The predicted octanol–water partition coefficient (Wildman–Crippen LogP) is 2.57. The molecule has 0 aliphatic carbocycles. The topological polar surface area (TPSA) is 73.0 Å². The van der Waals surface area contributed by atoms with Gasteiger partial charge in [0.25, 0.3) is 5.69 Å². The molecule has 1 aromatic heterocycles. The van der Waals surface area contributed by atoms with Crippen molar-refractivity contribution >= 4 is 11.4 Å². The van der Waals surface area contributed by atoms with Crippen molar-refractivity contribution in [3.05, 3.63) is 52.3 Å². The van der Waals surface area contributed by atoms with Gasteiger partial charge in [-0.05, 0) is 19.1 Å². The normalized spacial score (nSPS) is 12.2. The fraction of sp³-hybridized carbons (Fsp3) is 0.250. The van der Waals surface area contributed by atoms with E-state index in [0.29, 0.717) is 6.54 Å². The molecule has 106 valence electrons. The Morgan fingerprint density at radius 1 is 1.50 bits per heavy atom. The highest BCUT2D eigenvalue weighted by Gasteiger charge is 2.22. The Balaban J connectivity index is 2.23. The Kier molecular flexibility index (Phi) is 3.92. The lowest BCUT2D eigenvalue weighted by atomic mass is 10.2. The number of hydrogen-bond donors (Lipinski definition) is 1. The van der Waals surface area contributed by atoms with Crippen LogP contribution in [0, 0.1) is 21.7 Å². The summed E-state index contributed by atoms with van der Waals surface area (Å²) in [5.41, 5.74) is -0.953. The van der Waals surface area contributed by atoms with Crippen molar-refractivity contribution in [3.63, 3.8) is 0 Å². The number of aromatic nitrogens is 2. The predicted molar refractivity (Wildman–Crippen MR) is 68.3 cm³/mol. The number of nitro groups is 1. The van der Waals surface area contributed by atoms with Crippen molar-refractivity contribution in [2.24, 2.45) is 0 Å². The smallest absolute Gasteiger partial charge is 0.295 e. The van der Waals surface area contributed by atoms with Crippen LogP contribution in [0.5, 0.6) is 0 Å². The van der Waals surface area contributed by atoms with Gasteiger partial charge in [-0.15, -0.1) is 0 Å². The largest absolute Gasteiger partial charge is 0.373 e. The van der Waals surface area contributed by atoms with Crippen LogP contribution in [0.1, 0.15) is 6.92 Å². The lowest BCUT2D eigenvalue weighted by Gasteiger charge is -2.16. The summed E-state index contributed by atoms with van der Waals surface area (Å²) in [5, 5.41) is 17.4. The second-order valence-electron chi connectivity index (χ2n) is 4.29. The van der Waals surface area contributed by atoms with E-state index in [9.17, 15) is 18.9 Å². The molecule has 6 nitrogen and oxygen atoms in total. The maximum atomic E-state index is 13.7. The molecule has 0 bridgehead atoms. The summed E-state index contributed by atoms with van der Waals surface area (Å²) in [4.78, 5) is 10.1. The highest BCUT2D eigenvalue weighted by molar-refractivity contribution is 5.62. The average Bonchev–Trinajstić information content (AvgIpc) is 2.87. The summed E-state index contributed by atoms with van der Waals surface area (Å²) >= 11 is 0. The zero-order valence-electron chi connectivity index (χ0n) is 10.6. The third-order valence-electron chi connectivity index (χ3n) is 2.68. The van der Waals surface area contributed by atoms with Gasteiger partial charge >= 0.3 is 0 Å². The van der Waals surface area contributed by atoms with Gasteiger partial charge in [0.15, 0.2) is 17.3 Å². The number of anilines is 1. The standard InChI is InChI=1S/C12H12F2N4O2/c1-8(7-17-6-2-5-15-17)16-12-10(18(19)20)4-3-9(13)11(12)14/h2-6,8,16H,7H2,1H3. The molecular formula is C12H12F2N4O2. The first-order valence-electron chi connectivity index (χ1n) is 5.85. The number of nitro benzene ring substituents is 1. The first-order valence-corrected chi connectivity index (χ1v) is 5.85. The number of halogens is 2. The van der Waals surface area contributed by atoms with Crippen molar-refractivity contribution in [2.75, 3.05) is 5.32 Å². The summed E-state index contributed by atoms with van der Waals surface area (Å²) in [6.07, 6.45) is 3.28. The van der Waals surface area contributed by atoms with Gasteiger partial charge in [0.2, 0.25) is 0 Å². The minimum atomic E-state index is -1.26. The van der Waals surface area contributed by atoms with Crippen LogP contribution in [-0.2, 0) is 6.54 Å². The SMILES string of the molecule is CC(Cn1cccn1)Nc1c([N+](=O)[O-])ccc(F)c1F. The van der Waals surface area contributed by atoms with Crippen LogP contribution in [-0.4, -0.2) is 20.7 Å². The van der Waals surface area contributed by atoms with Crippen LogP contribution in [0.2, 0.25) is 0 Å².